The average Bonchev–Trinajstić information content (AvgIpc) is 3.12. The van der Waals surface area contributed by atoms with E-state index in [-0.39, 0.29) is 10.6 Å². The number of rotatable bonds is 5. The van der Waals surface area contributed by atoms with Crippen molar-refractivity contribution in [2.45, 2.75) is 19.5 Å². The van der Waals surface area contributed by atoms with Crippen LogP contribution in [0.3, 0.4) is 0 Å². The molecule has 3 aromatic carbocycles. The number of amidine groups is 1. The Morgan fingerprint density at radius 1 is 0.968 bits per heavy atom. The van der Waals surface area contributed by atoms with Crippen LogP contribution in [0, 0.1) is 10.1 Å². The zero-order valence-corrected chi connectivity index (χ0v) is 17.0. The maximum Gasteiger partial charge on any atom is 0.270 e. The summed E-state index contributed by atoms with van der Waals surface area (Å²) in [6, 6.07) is 25.6. The Morgan fingerprint density at radius 3 is 2.39 bits per heavy atom. The summed E-state index contributed by atoms with van der Waals surface area (Å²) in [7, 11) is 0. The third-order valence-electron chi connectivity index (χ3n) is 5.71. The number of nitro benzene ring substituents is 1. The molecule has 1 aliphatic heterocycles. The van der Waals surface area contributed by atoms with Gasteiger partial charge in [0.1, 0.15) is 5.84 Å². The molecule has 0 spiro atoms. The second-order valence-corrected chi connectivity index (χ2v) is 7.67. The number of nitrogens with one attached hydrogen (secondary N) is 1. The molecule has 5 rings (SSSR count). The molecule has 0 fully saturated rings. The van der Waals surface area contributed by atoms with E-state index in [0.717, 1.165) is 40.8 Å². The van der Waals surface area contributed by atoms with Crippen molar-refractivity contribution in [2.75, 3.05) is 6.54 Å². The number of non-ortho nitro benzene ring substituents is 1. The molecule has 0 unspecified atom stereocenters. The van der Waals surface area contributed by atoms with E-state index >= 15 is 0 Å². The van der Waals surface area contributed by atoms with Crippen molar-refractivity contribution in [3.63, 3.8) is 0 Å². The van der Waals surface area contributed by atoms with Crippen molar-refractivity contribution < 1.29 is 4.92 Å². The smallest absolute Gasteiger partial charge is 0.270 e. The van der Waals surface area contributed by atoms with Crippen LogP contribution in [-0.4, -0.2) is 21.9 Å². The second kappa shape index (κ2) is 8.07. The Hall–Kier alpha value is -3.93. The van der Waals surface area contributed by atoms with Crippen LogP contribution in [0.25, 0.3) is 10.9 Å². The summed E-state index contributed by atoms with van der Waals surface area (Å²) < 4.78 is 2.28. The maximum atomic E-state index is 11.5. The molecule has 0 saturated heterocycles. The number of benzene rings is 3. The number of hydrogen-bond donors (Lipinski definition) is 1. The van der Waals surface area contributed by atoms with Crippen LogP contribution >= 0.6 is 0 Å². The van der Waals surface area contributed by atoms with Crippen molar-refractivity contribution in [1.29, 1.82) is 0 Å². The standard InChI is InChI=1S/C25H22N4O2/c30-29(31)20-11-12-22-21(15-20)24-23(28(22)17-19-9-5-2-6-10-19)13-14-26-25(24)27-16-18-7-3-1-4-8-18/h1-12,15H,13-14,16-17H2,(H,26,27). The molecule has 6 heteroatoms. The van der Waals surface area contributed by atoms with Crippen LogP contribution in [0.4, 0.5) is 5.69 Å². The fourth-order valence-corrected chi connectivity index (χ4v) is 4.26. The molecule has 4 aromatic rings. The lowest BCUT2D eigenvalue weighted by atomic mass is 10.0. The van der Waals surface area contributed by atoms with E-state index in [0.29, 0.717) is 13.1 Å². The van der Waals surface area contributed by atoms with Crippen LogP contribution < -0.4 is 5.32 Å². The summed E-state index contributed by atoms with van der Waals surface area (Å²) in [6.45, 7) is 2.06. The lowest BCUT2D eigenvalue weighted by Gasteiger charge is -2.18. The summed E-state index contributed by atoms with van der Waals surface area (Å²) in [4.78, 5) is 15.9. The summed E-state index contributed by atoms with van der Waals surface area (Å²) >= 11 is 0. The molecule has 0 atom stereocenters. The predicted octanol–water partition coefficient (Wildman–Crippen LogP) is 4.69. The highest BCUT2D eigenvalue weighted by Crippen LogP contribution is 2.32. The normalized spacial score (nSPS) is 13.0. The van der Waals surface area contributed by atoms with Crippen LogP contribution in [0.5, 0.6) is 0 Å². The van der Waals surface area contributed by atoms with Crippen LogP contribution in [0.2, 0.25) is 0 Å². The van der Waals surface area contributed by atoms with Gasteiger partial charge in [-0.3, -0.25) is 15.1 Å². The SMILES string of the molecule is O=[N+]([O-])c1ccc2c(c1)c1c(n2Cc2ccccc2)CCN=C1NCc1ccccc1. The van der Waals surface area contributed by atoms with Gasteiger partial charge < -0.3 is 9.88 Å². The van der Waals surface area contributed by atoms with Gasteiger partial charge in [-0.1, -0.05) is 60.7 Å². The Morgan fingerprint density at radius 2 is 1.68 bits per heavy atom. The quantitative estimate of drug-likeness (QED) is 0.383. The minimum absolute atomic E-state index is 0.0974. The molecule has 1 aliphatic rings. The van der Waals surface area contributed by atoms with E-state index in [4.69, 9.17) is 4.99 Å². The number of fused-ring (bicyclic) bond motifs is 3. The number of aromatic nitrogens is 1. The first-order valence-electron chi connectivity index (χ1n) is 10.4. The van der Waals surface area contributed by atoms with Gasteiger partial charge in [-0.15, -0.1) is 0 Å². The minimum Gasteiger partial charge on any atom is -0.366 e. The van der Waals surface area contributed by atoms with Crippen molar-refractivity contribution in [1.82, 2.24) is 9.88 Å². The Bertz CT molecular complexity index is 1280. The molecular weight excluding hydrogens is 388 g/mol. The predicted molar refractivity (Wildman–Crippen MR) is 123 cm³/mol. The van der Waals surface area contributed by atoms with Crippen molar-refractivity contribution in [3.8, 4) is 0 Å². The lowest BCUT2D eigenvalue weighted by Crippen LogP contribution is -2.28. The topological polar surface area (TPSA) is 72.5 Å². The molecule has 154 valence electrons. The van der Waals surface area contributed by atoms with Gasteiger partial charge in [-0.05, 0) is 17.2 Å². The molecule has 0 amide bonds. The van der Waals surface area contributed by atoms with E-state index in [9.17, 15) is 10.1 Å². The van der Waals surface area contributed by atoms with Crippen LogP contribution in [0.1, 0.15) is 22.4 Å². The van der Waals surface area contributed by atoms with Crippen LogP contribution in [-0.2, 0) is 19.5 Å². The first-order chi connectivity index (χ1) is 15.2. The Balaban J connectivity index is 1.61. The molecule has 6 nitrogen and oxygen atoms in total. The minimum atomic E-state index is -0.336. The van der Waals surface area contributed by atoms with E-state index in [2.05, 4.69) is 34.1 Å². The molecular formula is C25H22N4O2. The monoisotopic (exact) mass is 410 g/mol. The van der Waals surface area contributed by atoms with Crippen molar-refractivity contribution in [3.05, 3.63) is 111 Å². The zero-order valence-electron chi connectivity index (χ0n) is 17.0. The second-order valence-electron chi connectivity index (χ2n) is 7.67. The van der Waals surface area contributed by atoms with E-state index in [1.807, 2.05) is 42.5 Å². The van der Waals surface area contributed by atoms with Crippen molar-refractivity contribution >= 4 is 22.4 Å². The van der Waals surface area contributed by atoms with Gasteiger partial charge in [0.15, 0.2) is 0 Å². The summed E-state index contributed by atoms with van der Waals surface area (Å²) in [6.07, 6.45) is 0.807. The van der Waals surface area contributed by atoms with E-state index in [1.165, 1.54) is 11.3 Å². The van der Waals surface area contributed by atoms with Crippen LogP contribution in [0.15, 0.2) is 83.9 Å². The van der Waals surface area contributed by atoms with Gasteiger partial charge in [0.25, 0.3) is 5.69 Å². The van der Waals surface area contributed by atoms with Gasteiger partial charge in [-0.2, -0.15) is 0 Å². The molecule has 0 saturated carbocycles. The fourth-order valence-electron chi connectivity index (χ4n) is 4.26. The van der Waals surface area contributed by atoms with Gasteiger partial charge in [0.2, 0.25) is 0 Å². The third-order valence-corrected chi connectivity index (χ3v) is 5.71. The number of aliphatic imine (C=N–C) groups is 1. The number of nitro groups is 1. The first-order valence-corrected chi connectivity index (χ1v) is 10.4. The molecule has 0 radical (unpaired) electrons. The van der Waals surface area contributed by atoms with Gasteiger partial charge in [0, 0.05) is 60.3 Å². The fraction of sp³-hybridized carbons (Fsp3) is 0.160. The third kappa shape index (κ3) is 3.68. The molecule has 0 bridgehead atoms. The average molecular weight is 410 g/mol. The first kappa shape index (κ1) is 19.1. The number of nitrogens with zero attached hydrogens (tertiary/aromatic N) is 3. The molecule has 31 heavy (non-hydrogen) atoms. The zero-order chi connectivity index (χ0) is 21.2. The largest absolute Gasteiger partial charge is 0.366 e. The van der Waals surface area contributed by atoms with Crippen molar-refractivity contribution in [2.24, 2.45) is 4.99 Å². The maximum absolute atomic E-state index is 11.5. The highest BCUT2D eigenvalue weighted by atomic mass is 16.6. The summed E-state index contributed by atoms with van der Waals surface area (Å²) in [5.74, 6) is 0.808. The molecule has 1 N–H and O–H groups in total. The van der Waals surface area contributed by atoms with Gasteiger partial charge in [-0.25, -0.2) is 0 Å². The van der Waals surface area contributed by atoms with Gasteiger partial charge in [0.05, 0.1) is 4.92 Å². The van der Waals surface area contributed by atoms with Gasteiger partial charge >= 0.3 is 0 Å². The summed E-state index contributed by atoms with van der Waals surface area (Å²) in [5, 5.41) is 15.8. The molecule has 2 heterocycles. The van der Waals surface area contributed by atoms with E-state index in [1.54, 1.807) is 12.1 Å². The number of hydrogen-bond acceptors (Lipinski definition) is 4. The Labute approximate surface area is 180 Å². The lowest BCUT2D eigenvalue weighted by molar-refractivity contribution is -0.384. The molecule has 1 aromatic heterocycles. The highest BCUT2D eigenvalue weighted by Gasteiger charge is 2.25. The van der Waals surface area contributed by atoms with E-state index < -0.39 is 0 Å². The summed E-state index contributed by atoms with van der Waals surface area (Å²) in [5.41, 5.74) is 5.61. The Kier molecular flexibility index (Phi) is 4.96. The molecule has 0 aliphatic carbocycles. The highest BCUT2D eigenvalue weighted by molar-refractivity contribution is 6.12.